The van der Waals surface area contributed by atoms with Crippen molar-refractivity contribution in [2.45, 2.75) is 32.5 Å². The van der Waals surface area contributed by atoms with Crippen molar-refractivity contribution in [1.82, 2.24) is 10.2 Å². The Bertz CT molecular complexity index is 639. The van der Waals surface area contributed by atoms with Crippen LogP contribution in [-0.4, -0.2) is 49.8 Å². The van der Waals surface area contributed by atoms with Crippen molar-refractivity contribution in [1.29, 1.82) is 5.26 Å². The second-order valence-corrected chi connectivity index (χ2v) is 6.22. The monoisotopic (exact) mass is 343 g/mol. The van der Waals surface area contributed by atoms with Crippen molar-refractivity contribution in [3.05, 3.63) is 41.6 Å². The van der Waals surface area contributed by atoms with Gasteiger partial charge in [0.25, 0.3) is 5.91 Å². The van der Waals surface area contributed by atoms with Crippen molar-refractivity contribution in [3.8, 4) is 11.8 Å². The molecule has 2 unspecified atom stereocenters. The first-order valence-corrected chi connectivity index (χ1v) is 8.44. The van der Waals surface area contributed by atoms with Gasteiger partial charge in [0.15, 0.2) is 0 Å². The van der Waals surface area contributed by atoms with Gasteiger partial charge in [0.2, 0.25) is 0 Å². The fraction of sp³-hybridized carbons (Fsp3) is 0.474. The van der Waals surface area contributed by atoms with Gasteiger partial charge in [-0.3, -0.25) is 4.79 Å². The highest BCUT2D eigenvalue weighted by atomic mass is 16.5. The molecule has 1 aliphatic heterocycles. The molecule has 0 spiro atoms. The van der Waals surface area contributed by atoms with Gasteiger partial charge in [-0.2, -0.15) is 5.26 Å². The Balaban J connectivity index is 1.86. The highest BCUT2D eigenvalue weighted by Crippen LogP contribution is 2.13. The number of morpholine rings is 1. The summed E-state index contributed by atoms with van der Waals surface area (Å²) < 4.78 is 10.8. The van der Waals surface area contributed by atoms with E-state index >= 15 is 0 Å². The minimum atomic E-state index is -0.345. The van der Waals surface area contributed by atoms with Crippen LogP contribution >= 0.6 is 0 Å². The van der Waals surface area contributed by atoms with Crippen molar-refractivity contribution < 1.29 is 14.3 Å². The lowest BCUT2D eigenvalue weighted by molar-refractivity contribution is -0.117. The molecule has 1 saturated heterocycles. The summed E-state index contributed by atoms with van der Waals surface area (Å²) in [5, 5.41) is 12.1. The van der Waals surface area contributed by atoms with Crippen LogP contribution in [-0.2, 0) is 16.0 Å². The number of carbonyl (C=O) groups is 1. The average Bonchev–Trinajstić information content (AvgIpc) is 2.59. The summed E-state index contributed by atoms with van der Waals surface area (Å²) in [6.45, 7) is 5.79. The van der Waals surface area contributed by atoms with Crippen molar-refractivity contribution in [3.63, 3.8) is 0 Å². The summed E-state index contributed by atoms with van der Waals surface area (Å²) in [4.78, 5) is 14.2. The van der Waals surface area contributed by atoms with Gasteiger partial charge in [0.05, 0.1) is 19.3 Å². The topological polar surface area (TPSA) is 74.6 Å². The molecule has 0 radical (unpaired) electrons. The lowest BCUT2D eigenvalue weighted by Gasteiger charge is -2.34. The molecule has 2 atom stereocenters. The van der Waals surface area contributed by atoms with Crippen LogP contribution in [0.15, 0.2) is 36.0 Å². The third-order valence-corrected chi connectivity index (χ3v) is 3.98. The van der Waals surface area contributed by atoms with E-state index in [1.54, 1.807) is 13.3 Å². The van der Waals surface area contributed by atoms with Gasteiger partial charge in [0, 0.05) is 25.8 Å². The molecule has 0 aliphatic carbocycles. The van der Waals surface area contributed by atoms with Crippen LogP contribution < -0.4 is 10.1 Å². The highest BCUT2D eigenvalue weighted by Gasteiger charge is 2.21. The molecule has 0 bridgehead atoms. The quantitative estimate of drug-likeness (QED) is 0.630. The summed E-state index contributed by atoms with van der Waals surface area (Å²) >= 11 is 0. The Hall–Kier alpha value is -2.52. The number of nitriles is 1. The van der Waals surface area contributed by atoms with Gasteiger partial charge in [-0.1, -0.05) is 12.1 Å². The molecule has 1 fully saturated rings. The van der Waals surface area contributed by atoms with Crippen LogP contribution in [0.5, 0.6) is 5.75 Å². The zero-order valence-electron chi connectivity index (χ0n) is 15.0. The number of hydrogen-bond acceptors (Lipinski definition) is 5. The number of hydrogen-bond donors (Lipinski definition) is 1. The first-order chi connectivity index (χ1) is 12.0. The fourth-order valence-electron chi connectivity index (χ4n) is 2.85. The third-order valence-electron chi connectivity index (χ3n) is 3.98. The maximum Gasteiger partial charge on any atom is 0.263 e. The minimum absolute atomic E-state index is 0.0816. The first kappa shape index (κ1) is 18.8. The number of nitrogens with zero attached hydrogens (tertiary/aromatic N) is 2. The van der Waals surface area contributed by atoms with Crippen LogP contribution in [0, 0.1) is 11.3 Å². The molecule has 2 rings (SSSR count). The molecule has 1 amide bonds. The summed E-state index contributed by atoms with van der Waals surface area (Å²) in [7, 11) is 1.63. The molecule has 1 aromatic rings. The zero-order valence-corrected chi connectivity index (χ0v) is 15.0. The summed E-state index contributed by atoms with van der Waals surface area (Å²) in [5.41, 5.74) is 1.22. The normalized spacial score (nSPS) is 20.7. The van der Waals surface area contributed by atoms with Crippen LogP contribution in [0.2, 0.25) is 0 Å². The number of methoxy groups -OCH3 is 1. The molecule has 0 aromatic heterocycles. The molecular weight excluding hydrogens is 318 g/mol. The van der Waals surface area contributed by atoms with Crippen molar-refractivity contribution >= 4 is 5.91 Å². The lowest BCUT2D eigenvalue weighted by Crippen LogP contribution is -2.43. The molecule has 0 saturated carbocycles. The van der Waals surface area contributed by atoms with E-state index in [9.17, 15) is 10.1 Å². The molecule has 6 heteroatoms. The van der Waals surface area contributed by atoms with Crippen LogP contribution in [0.3, 0.4) is 0 Å². The summed E-state index contributed by atoms with van der Waals surface area (Å²) in [5.74, 6) is 0.458. The summed E-state index contributed by atoms with van der Waals surface area (Å²) in [6, 6.07) is 9.69. The number of amides is 1. The number of benzene rings is 1. The van der Waals surface area contributed by atoms with E-state index in [4.69, 9.17) is 9.47 Å². The second-order valence-electron chi connectivity index (χ2n) is 6.22. The molecule has 1 aliphatic rings. The van der Waals surface area contributed by atoms with E-state index in [1.165, 1.54) is 0 Å². The maximum atomic E-state index is 12.2. The molecule has 1 N–H and O–H groups in total. The number of rotatable bonds is 6. The van der Waals surface area contributed by atoms with Gasteiger partial charge in [-0.05, 0) is 38.0 Å². The lowest BCUT2D eigenvalue weighted by atomic mass is 10.1. The molecule has 1 aromatic carbocycles. The van der Waals surface area contributed by atoms with Gasteiger partial charge in [0.1, 0.15) is 17.4 Å². The second kappa shape index (κ2) is 9.09. The zero-order chi connectivity index (χ0) is 18.2. The Labute approximate surface area is 149 Å². The highest BCUT2D eigenvalue weighted by molar-refractivity contribution is 5.97. The Morgan fingerprint density at radius 3 is 2.56 bits per heavy atom. The van der Waals surface area contributed by atoms with Crippen molar-refractivity contribution in [2.24, 2.45) is 0 Å². The van der Waals surface area contributed by atoms with Gasteiger partial charge >= 0.3 is 0 Å². The molecular formula is C19H25N3O3. The third kappa shape index (κ3) is 5.80. The van der Waals surface area contributed by atoms with E-state index in [-0.39, 0.29) is 23.7 Å². The molecule has 134 valence electrons. The molecule has 1 heterocycles. The number of nitrogens with one attached hydrogen (secondary N) is 1. The standard InChI is InChI=1S/C19H25N3O3/c1-14-11-22(12-15(2)25-14)13-17(10-20)19(23)21-9-8-16-4-6-18(24-3)7-5-16/h4-7,13-15H,8-9,11-12H2,1-3H3,(H,21,23)/b17-13-. The fourth-order valence-corrected chi connectivity index (χ4v) is 2.85. The SMILES string of the molecule is COc1ccc(CCNC(=O)/C(C#N)=C\N2CC(C)OC(C)C2)cc1. The Kier molecular flexibility index (Phi) is 6.84. The molecule has 25 heavy (non-hydrogen) atoms. The van der Waals surface area contributed by atoms with Gasteiger partial charge in [-0.25, -0.2) is 0 Å². The van der Waals surface area contributed by atoms with Gasteiger partial charge in [-0.15, -0.1) is 0 Å². The van der Waals surface area contributed by atoms with Crippen LogP contribution in [0.25, 0.3) is 0 Å². The van der Waals surface area contributed by atoms with E-state index in [0.717, 1.165) is 11.3 Å². The molecule has 6 nitrogen and oxygen atoms in total. The summed E-state index contributed by atoms with van der Waals surface area (Å²) in [6.07, 6.45) is 2.49. The maximum absolute atomic E-state index is 12.2. The largest absolute Gasteiger partial charge is 0.497 e. The number of ether oxygens (including phenoxy) is 2. The van der Waals surface area contributed by atoms with Gasteiger partial charge < -0.3 is 19.7 Å². The average molecular weight is 343 g/mol. The smallest absolute Gasteiger partial charge is 0.263 e. The van der Waals surface area contributed by atoms with E-state index in [2.05, 4.69) is 5.32 Å². The first-order valence-electron chi connectivity index (χ1n) is 8.44. The Morgan fingerprint density at radius 1 is 1.36 bits per heavy atom. The van der Waals surface area contributed by atoms with E-state index in [1.807, 2.05) is 49.1 Å². The van der Waals surface area contributed by atoms with Crippen LogP contribution in [0.4, 0.5) is 0 Å². The predicted molar refractivity (Wildman–Crippen MR) is 95.0 cm³/mol. The predicted octanol–water partition coefficient (Wildman–Crippen LogP) is 1.87. The van der Waals surface area contributed by atoms with E-state index < -0.39 is 0 Å². The Morgan fingerprint density at radius 2 is 2.00 bits per heavy atom. The van der Waals surface area contributed by atoms with Crippen molar-refractivity contribution in [2.75, 3.05) is 26.7 Å². The number of carbonyl (C=O) groups excluding carboxylic acids is 1. The minimum Gasteiger partial charge on any atom is -0.497 e. The van der Waals surface area contributed by atoms with Crippen LogP contribution in [0.1, 0.15) is 19.4 Å². The van der Waals surface area contributed by atoms with E-state index in [0.29, 0.717) is 26.1 Å².